The van der Waals surface area contributed by atoms with Crippen LogP contribution in [0.4, 0.5) is 0 Å². The molecule has 3 rings (SSSR count). The topological polar surface area (TPSA) is 63.4 Å². The standard InChI is InChI=1S/C14H18N2O2S2/c15-14(19)10-3-2-6-13(7-10)20(17,18)16-8-11-4-1-5-12(11)9-16/h2-3,6-7,11-12H,1,4-5,8-9H2,(H2,15,19). The Morgan fingerprint density at radius 1 is 1.25 bits per heavy atom. The molecule has 2 unspecified atom stereocenters. The highest BCUT2D eigenvalue weighted by molar-refractivity contribution is 7.89. The summed E-state index contributed by atoms with van der Waals surface area (Å²) in [7, 11) is -3.42. The number of nitrogens with two attached hydrogens (primary N) is 1. The maximum atomic E-state index is 12.7. The van der Waals surface area contributed by atoms with Gasteiger partial charge in [0, 0.05) is 18.7 Å². The van der Waals surface area contributed by atoms with Crippen molar-refractivity contribution >= 4 is 27.2 Å². The average Bonchev–Trinajstić information content (AvgIpc) is 2.99. The summed E-state index contributed by atoms with van der Waals surface area (Å²) < 4.78 is 27.0. The van der Waals surface area contributed by atoms with Gasteiger partial charge in [-0.25, -0.2) is 8.42 Å². The third-order valence-corrected chi connectivity index (χ3v) is 6.51. The molecule has 0 amide bonds. The van der Waals surface area contributed by atoms with Gasteiger partial charge in [0.25, 0.3) is 0 Å². The fraction of sp³-hybridized carbons (Fsp3) is 0.500. The molecule has 4 nitrogen and oxygen atoms in total. The van der Waals surface area contributed by atoms with Crippen molar-refractivity contribution in [2.75, 3.05) is 13.1 Å². The molecule has 0 radical (unpaired) electrons. The van der Waals surface area contributed by atoms with Gasteiger partial charge in [-0.15, -0.1) is 0 Å². The largest absolute Gasteiger partial charge is 0.389 e. The van der Waals surface area contributed by atoms with E-state index in [2.05, 4.69) is 0 Å². The quantitative estimate of drug-likeness (QED) is 0.864. The van der Waals surface area contributed by atoms with Crippen molar-refractivity contribution in [1.82, 2.24) is 4.31 Å². The van der Waals surface area contributed by atoms with Crippen LogP contribution in [0.1, 0.15) is 24.8 Å². The van der Waals surface area contributed by atoms with Crippen LogP contribution in [0.25, 0.3) is 0 Å². The van der Waals surface area contributed by atoms with Gasteiger partial charge in [0.2, 0.25) is 10.0 Å². The van der Waals surface area contributed by atoms with Gasteiger partial charge < -0.3 is 5.73 Å². The summed E-state index contributed by atoms with van der Waals surface area (Å²) in [5.41, 5.74) is 6.17. The Bertz CT molecular complexity index is 630. The number of rotatable bonds is 3. The molecule has 1 aliphatic heterocycles. The van der Waals surface area contributed by atoms with Gasteiger partial charge in [0.15, 0.2) is 0 Å². The second-order valence-electron chi connectivity index (χ2n) is 5.67. The van der Waals surface area contributed by atoms with E-state index in [-0.39, 0.29) is 4.99 Å². The van der Waals surface area contributed by atoms with Crippen LogP contribution in [-0.2, 0) is 10.0 Å². The first-order chi connectivity index (χ1) is 9.48. The molecule has 2 atom stereocenters. The molecule has 1 aliphatic carbocycles. The molecule has 6 heteroatoms. The van der Waals surface area contributed by atoms with E-state index in [0.717, 1.165) is 12.8 Å². The Morgan fingerprint density at radius 3 is 2.50 bits per heavy atom. The van der Waals surface area contributed by atoms with E-state index in [1.165, 1.54) is 6.42 Å². The van der Waals surface area contributed by atoms with Crippen molar-refractivity contribution in [3.8, 4) is 0 Å². The zero-order valence-electron chi connectivity index (χ0n) is 11.2. The van der Waals surface area contributed by atoms with Crippen LogP contribution >= 0.6 is 12.2 Å². The third kappa shape index (κ3) is 2.36. The third-order valence-electron chi connectivity index (χ3n) is 4.45. The summed E-state index contributed by atoms with van der Waals surface area (Å²) in [6.07, 6.45) is 3.55. The monoisotopic (exact) mass is 310 g/mol. The normalized spacial score (nSPS) is 26.6. The molecule has 1 saturated carbocycles. The van der Waals surface area contributed by atoms with E-state index >= 15 is 0 Å². The maximum absolute atomic E-state index is 12.7. The number of thiocarbonyl (C=S) groups is 1. The fourth-order valence-electron chi connectivity index (χ4n) is 3.35. The Kier molecular flexibility index (Phi) is 3.56. The van der Waals surface area contributed by atoms with E-state index in [1.54, 1.807) is 28.6 Å². The molecule has 1 aromatic rings. The lowest BCUT2D eigenvalue weighted by atomic mass is 10.0. The predicted molar refractivity (Wildman–Crippen MR) is 81.9 cm³/mol. The van der Waals surface area contributed by atoms with Gasteiger partial charge >= 0.3 is 0 Å². The SMILES string of the molecule is NC(=S)c1cccc(S(=O)(=O)N2CC3CCCC3C2)c1. The molecule has 0 bridgehead atoms. The molecule has 1 aromatic carbocycles. The van der Waals surface area contributed by atoms with Crippen molar-refractivity contribution in [1.29, 1.82) is 0 Å². The summed E-state index contributed by atoms with van der Waals surface area (Å²) in [6, 6.07) is 6.62. The number of hydrogen-bond donors (Lipinski definition) is 1. The van der Waals surface area contributed by atoms with Crippen LogP contribution in [-0.4, -0.2) is 30.8 Å². The van der Waals surface area contributed by atoms with Gasteiger partial charge in [-0.3, -0.25) is 0 Å². The van der Waals surface area contributed by atoms with Crippen LogP contribution in [0.3, 0.4) is 0 Å². The molecular weight excluding hydrogens is 292 g/mol. The molecular formula is C14H18N2O2S2. The minimum absolute atomic E-state index is 0.223. The van der Waals surface area contributed by atoms with Gasteiger partial charge in [-0.1, -0.05) is 30.8 Å². The van der Waals surface area contributed by atoms with Crippen molar-refractivity contribution in [2.45, 2.75) is 24.2 Å². The summed E-state index contributed by atoms with van der Waals surface area (Å²) >= 11 is 4.91. The summed E-state index contributed by atoms with van der Waals surface area (Å²) in [5.74, 6) is 1.09. The van der Waals surface area contributed by atoms with Crippen LogP contribution in [0.2, 0.25) is 0 Å². The van der Waals surface area contributed by atoms with Crippen molar-refractivity contribution < 1.29 is 8.42 Å². The second-order valence-corrected chi connectivity index (χ2v) is 8.04. The highest BCUT2D eigenvalue weighted by Gasteiger charge is 2.41. The lowest BCUT2D eigenvalue weighted by Crippen LogP contribution is -2.29. The van der Waals surface area contributed by atoms with Gasteiger partial charge in [0.1, 0.15) is 4.99 Å². The summed E-state index contributed by atoms with van der Waals surface area (Å²) in [6.45, 7) is 1.31. The zero-order valence-corrected chi connectivity index (χ0v) is 12.8. The Morgan fingerprint density at radius 2 is 1.90 bits per heavy atom. The first-order valence-electron chi connectivity index (χ1n) is 6.88. The molecule has 1 heterocycles. The molecule has 0 aromatic heterocycles. The van der Waals surface area contributed by atoms with Crippen molar-refractivity contribution in [3.05, 3.63) is 29.8 Å². The molecule has 20 heavy (non-hydrogen) atoms. The molecule has 2 N–H and O–H groups in total. The van der Waals surface area contributed by atoms with Crippen LogP contribution in [0.5, 0.6) is 0 Å². The predicted octanol–water partition coefficient (Wildman–Crippen LogP) is 1.74. The van der Waals surface area contributed by atoms with Gasteiger partial charge in [-0.05, 0) is 36.8 Å². The van der Waals surface area contributed by atoms with E-state index in [0.29, 0.717) is 35.4 Å². The van der Waals surface area contributed by atoms with E-state index < -0.39 is 10.0 Å². The van der Waals surface area contributed by atoms with Crippen molar-refractivity contribution in [3.63, 3.8) is 0 Å². The second kappa shape index (κ2) is 5.09. The van der Waals surface area contributed by atoms with E-state index in [9.17, 15) is 8.42 Å². The first-order valence-corrected chi connectivity index (χ1v) is 8.73. The number of nitrogens with zero attached hydrogens (tertiary/aromatic N) is 1. The average molecular weight is 310 g/mol. The Balaban J connectivity index is 1.89. The molecule has 2 fully saturated rings. The first kappa shape index (κ1) is 14.0. The number of benzene rings is 1. The Hall–Kier alpha value is -0.980. The Labute approximate surface area is 125 Å². The lowest BCUT2D eigenvalue weighted by Gasteiger charge is -2.17. The van der Waals surface area contributed by atoms with E-state index in [1.807, 2.05) is 0 Å². The fourth-order valence-corrected chi connectivity index (χ4v) is 5.07. The van der Waals surface area contributed by atoms with Crippen LogP contribution in [0.15, 0.2) is 29.2 Å². The molecule has 0 spiro atoms. The van der Waals surface area contributed by atoms with Gasteiger partial charge in [-0.2, -0.15) is 4.31 Å². The number of hydrogen-bond acceptors (Lipinski definition) is 3. The summed E-state index contributed by atoms with van der Waals surface area (Å²) in [4.78, 5) is 0.517. The smallest absolute Gasteiger partial charge is 0.243 e. The highest BCUT2D eigenvalue weighted by atomic mass is 32.2. The highest BCUT2D eigenvalue weighted by Crippen LogP contribution is 2.39. The maximum Gasteiger partial charge on any atom is 0.243 e. The minimum Gasteiger partial charge on any atom is -0.389 e. The summed E-state index contributed by atoms with van der Waals surface area (Å²) in [5, 5.41) is 0. The zero-order chi connectivity index (χ0) is 14.3. The minimum atomic E-state index is -3.42. The lowest BCUT2D eigenvalue weighted by molar-refractivity contribution is 0.445. The number of fused-ring (bicyclic) bond motifs is 1. The number of sulfonamides is 1. The van der Waals surface area contributed by atoms with Crippen molar-refractivity contribution in [2.24, 2.45) is 17.6 Å². The molecule has 108 valence electrons. The van der Waals surface area contributed by atoms with Crippen LogP contribution < -0.4 is 5.73 Å². The van der Waals surface area contributed by atoms with Crippen LogP contribution in [0, 0.1) is 11.8 Å². The molecule has 1 saturated heterocycles. The molecule has 2 aliphatic rings. The van der Waals surface area contributed by atoms with Gasteiger partial charge in [0.05, 0.1) is 4.90 Å². The van der Waals surface area contributed by atoms with E-state index in [4.69, 9.17) is 18.0 Å².